The van der Waals surface area contributed by atoms with Gasteiger partial charge < -0.3 is 5.32 Å². The first-order chi connectivity index (χ1) is 5.39. The second-order valence-corrected chi connectivity index (χ2v) is 4.97. The number of hydrogen-bond acceptors (Lipinski definition) is 1. The Balaban J connectivity index is 2.75. The summed E-state index contributed by atoms with van der Waals surface area (Å²) in [6, 6.07) is 0.468. The summed E-state index contributed by atoms with van der Waals surface area (Å²) in [7, 11) is 2.01. The average molecular weight is 167 g/mol. The van der Waals surface area contributed by atoms with Crippen LogP contribution in [0.5, 0.6) is 0 Å². The van der Waals surface area contributed by atoms with E-state index < -0.39 is 0 Å². The highest BCUT2D eigenvalue weighted by Gasteiger charge is 2.66. The van der Waals surface area contributed by atoms with Gasteiger partial charge in [-0.05, 0) is 23.8 Å². The van der Waals surface area contributed by atoms with E-state index in [1.165, 1.54) is 0 Å². The van der Waals surface area contributed by atoms with Crippen LogP contribution in [0.4, 0.5) is 0 Å². The largest absolute Gasteiger partial charge is 0.313 e. The minimum absolute atomic E-state index is 0.453. The van der Waals surface area contributed by atoms with E-state index in [-0.39, 0.29) is 0 Å². The Morgan fingerprint density at radius 1 is 1.25 bits per heavy atom. The van der Waals surface area contributed by atoms with Gasteiger partial charge in [-0.3, -0.25) is 0 Å². The third kappa shape index (κ3) is 1.03. The van der Waals surface area contributed by atoms with Crippen LogP contribution < -0.4 is 5.32 Å². The average Bonchev–Trinajstić information content (AvgIpc) is 2.34. The molecule has 0 bridgehead atoms. The summed E-state index contributed by atoms with van der Waals surface area (Å²) in [6.07, 6.45) is 2.03. The molecule has 1 N–H and O–H groups in total. The molecule has 1 aliphatic carbocycles. The third-order valence-corrected chi connectivity index (χ3v) is 4.08. The molecule has 12 heavy (non-hydrogen) atoms. The Hall–Kier alpha value is -0.300. The molecule has 0 amide bonds. The van der Waals surface area contributed by atoms with Crippen LogP contribution in [-0.2, 0) is 0 Å². The van der Waals surface area contributed by atoms with Crippen LogP contribution in [0.1, 0.15) is 27.7 Å². The van der Waals surface area contributed by atoms with Crippen LogP contribution in [-0.4, -0.2) is 13.1 Å². The van der Waals surface area contributed by atoms with E-state index in [1.54, 1.807) is 0 Å². The molecule has 1 fully saturated rings. The maximum Gasteiger partial charge on any atom is 0.0283 e. The third-order valence-electron chi connectivity index (χ3n) is 4.08. The fraction of sp³-hybridized carbons (Fsp3) is 0.818. The van der Waals surface area contributed by atoms with Crippen molar-refractivity contribution in [3.8, 4) is 0 Å². The highest BCUT2D eigenvalue weighted by molar-refractivity contribution is 5.19. The van der Waals surface area contributed by atoms with E-state index >= 15 is 0 Å². The smallest absolute Gasteiger partial charge is 0.0283 e. The second-order valence-electron chi connectivity index (χ2n) is 4.97. The lowest BCUT2D eigenvalue weighted by atomic mass is 10.0. The molecule has 0 heterocycles. The van der Waals surface area contributed by atoms with Gasteiger partial charge in [-0.2, -0.15) is 0 Å². The fourth-order valence-electron chi connectivity index (χ4n) is 2.57. The van der Waals surface area contributed by atoms with E-state index in [1.807, 2.05) is 13.1 Å². The van der Waals surface area contributed by atoms with Crippen LogP contribution in [0.25, 0.3) is 0 Å². The molecule has 1 heteroatoms. The maximum atomic E-state index is 3.86. The number of likely N-dealkylation sites (N-methyl/N-ethyl adjacent to an activating group) is 1. The molecule has 0 saturated heterocycles. The predicted molar refractivity (Wildman–Crippen MR) is 54.1 cm³/mol. The van der Waals surface area contributed by atoms with Crippen molar-refractivity contribution in [1.82, 2.24) is 5.32 Å². The van der Waals surface area contributed by atoms with Crippen molar-refractivity contribution in [3.05, 3.63) is 12.7 Å². The van der Waals surface area contributed by atoms with Gasteiger partial charge in [-0.1, -0.05) is 33.8 Å². The minimum atomic E-state index is 0.453. The van der Waals surface area contributed by atoms with Gasteiger partial charge in [0, 0.05) is 6.04 Å². The lowest BCUT2D eigenvalue weighted by molar-refractivity contribution is 0.457. The molecule has 1 nitrogen and oxygen atoms in total. The normalized spacial score (nSPS) is 28.1. The summed E-state index contributed by atoms with van der Waals surface area (Å²) in [5.74, 6) is 0.729. The van der Waals surface area contributed by atoms with Gasteiger partial charge in [-0.15, -0.1) is 6.58 Å². The van der Waals surface area contributed by atoms with Crippen molar-refractivity contribution in [3.63, 3.8) is 0 Å². The second kappa shape index (κ2) is 2.59. The Morgan fingerprint density at radius 3 is 1.75 bits per heavy atom. The molecule has 0 spiro atoms. The predicted octanol–water partition coefficient (Wildman–Crippen LogP) is 2.44. The first kappa shape index (κ1) is 9.79. The Bertz CT molecular complexity index is 177. The highest BCUT2D eigenvalue weighted by atomic mass is 14.9. The summed E-state index contributed by atoms with van der Waals surface area (Å²) in [5, 5.41) is 3.31. The number of rotatable bonds is 3. The molecular weight excluding hydrogens is 146 g/mol. The number of nitrogens with one attached hydrogen (secondary N) is 1. The molecule has 0 aromatic carbocycles. The van der Waals surface area contributed by atoms with Crippen molar-refractivity contribution < 1.29 is 0 Å². The van der Waals surface area contributed by atoms with Gasteiger partial charge in [0.15, 0.2) is 0 Å². The van der Waals surface area contributed by atoms with Crippen LogP contribution in [0, 0.1) is 16.7 Å². The van der Waals surface area contributed by atoms with Crippen LogP contribution in [0.2, 0.25) is 0 Å². The molecule has 0 aromatic heterocycles. The Morgan fingerprint density at radius 2 is 1.67 bits per heavy atom. The topological polar surface area (TPSA) is 12.0 Å². The van der Waals surface area contributed by atoms with Crippen molar-refractivity contribution in [2.24, 2.45) is 16.7 Å². The van der Waals surface area contributed by atoms with Crippen LogP contribution in [0.3, 0.4) is 0 Å². The zero-order valence-corrected chi connectivity index (χ0v) is 8.94. The zero-order chi connectivity index (χ0) is 9.57. The Kier molecular flexibility index (Phi) is 2.12. The van der Waals surface area contributed by atoms with Gasteiger partial charge in [-0.25, -0.2) is 0 Å². The lowest BCUT2D eigenvalue weighted by Gasteiger charge is -2.12. The minimum Gasteiger partial charge on any atom is -0.313 e. The van der Waals surface area contributed by atoms with Gasteiger partial charge >= 0.3 is 0 Å². The Labute approximate surface area is 76.2 Å². The molecule has 1 aliphatic rings. The van der Waals surface area contributed by atoms with E-state index in [0.717, 1.165) is 5.92 Å². The van der Waals surface area contributed by atoms with Crippen molar-refractivity contribution >= 4 is 0 Å². The summed E-state index contributed by atoms with van der Waals surface area (Å²) >= 11 is 0. The summed E-state index contributed by atoms with van der Waals surface area (Å²) in [5.41, 5.74) is 0.906. The fourth-order valence-corrected chi connectivity index (χ4v) is 2.57. The van der Waals surface area contributed by atoms with Gasteiger partial charge in [0.1, 0.15) is 0 Å². The van der Waals surface area contributed by atoms with Gasteiger partial charge in [0.2, 0.25) is 0 Å². The lowest BCUT2D eigenvalue weighted by Crippen LogP contribution is -2.27. The standard InChI is InChI=1S/C11H21N/c1-7-8(12-6)9-10(2,3)11(9,4)5/h7-9,12H,1H2,2-6H3. The van der Waals surface area contributed by atoms with E-state index in [4.69, 9.17) is 0 Å². The summed E-state index contributed by atoms with van der Waals surface area (Å²) < 4.78 is 0. The van der Waals surface area contributed by atoms with E-state index in [0.29, 0.717) is 16.9 Å². The maximum absolute atomic E-state index is 3.86. The first-order valence-electron chi connectivity index (χ1n) is 4.69. The van der Waals surface area contributed by atoms with Gasteiger partial charge in [0.05, 0.1) is 0 Å². The highest BCUT2D eigenvalue weighted by Crippen LogP contribution is 2.69. The molecule has 70 valence electrons. The van der Waals surface area contributed by atoms with Crippen molar-refractivity contribution in [1.29, 1.82) is 0 Å². The molecule has 0 aromatic rings. The summed E-state index contributed by atoms with van der Waals surface area (Å²) in [4.78, 5) is 0. The zero-order valence-electron chi connectivity index (χ0n) is 8.94. The monoisotopic (exact) mass is 167 g/mol. The van der Waals surface area contributed by atoms with Crippen LogP contribution >= 0.6 is 0 Å². The SMILES string of the molecule is C=CC(NC)C1C(C)(C)C1(C)C. The molecular formula is C11H21N. The van der Waals surface area contributed by atoms with E-state index in [2.05, 4.69) is 39.6 Å². The quantitative estimate of drug-likeness (QED) is 0.637. The molecule has 0 radical (unpaired) electrons. The van der Waals surface area contributed by atoms with Crippen molar-refractivity contribution in [2.75, 3.05) is 7.05 Å². The van der Waals surface area contributed by atoms with Crippen LogP contribution in [0.15, 0.2) is 12.7 Å². The molecule has 1 atom stereocenters. The van der Waals surface area contributed by atoms with E-state index in [9.17, 15) is 0 Å². The molecule has 1 rings (SSSR count). The molecule has 1 unspecified atom stereocenters. The van der Waals surface area contributed by atoms with Crippen molar-refractivity contribution in [2.45, 2.75) is 33.7 Å². The molecule has 0 aliphatic heterocycles. The van der Waals surface area contributed by atoms with Gasteiger partial charge in [0.25, 0.3) is 0 Å². The number of hydrogen-bond donors (Lipinski definition) is 1. The first-order valence-corrected chi connectivity index (χ1v) is 4.69. The summed E-state index contributed by atoms with van der Waals surface area (Å²) in [6.45, 7) is 13.2. The molecule has 1 saturated carbocycles.